The van der Waals surface area contributed by atoms with Crippen LogP contribution in [0.5, 0.6) is 0 Å². The first-order chi connectivity index (χ1) is 8.36. The molecule has 18 heavy (non-hydrogen) atoms. The first-order valence-electron chi connectivity index (χ1n) is 5.39. The summed E-state index contributed by atoms with van der Waals surface area (Å²) in [6.07, 6.45) is 1.70. The van der Waals surface area contributed by atoms with Crippen LogP contribution in [-0.4, -0.2) is 15.7 Å². The molecule has 4 heteroatoms. The Balaban J connectivity index is 0.00000120. The number of hydrogen-bond acceptors (Lipinski definition) is 2. The number of hydrogen-bond donors (Lipinski definition) is 0. The summed E-state index contributed by atoms with van der Waals surface area (Å²) in [5.74, 6) is -0.105. The molecule has 0 atom stereocenters. The van der Waals surface area contributed by atoms with Crippen molar-refractivity contribution in [3.05, 3.63) is 66.4 Å². The number of carbonyl (C=O) groups excluding carboxylic acids is 1. The normalized spacial score (nSPS) is 10.0. The Kier molecular flexibility index (Phi) is 3.77. The Labute approximate surface area is 120 Å². The molecule has 3 rings (SSSR count). The van der Waals surface area contributed by atoms with Gasteiger partial charge in [0.2, 0.25) is 0 Å². The molecule has 0 fully saturated rings. The van der Waals surface area contributed by atoms with E-state index in [1.165, 1.54) is 4.68 Å². The fourth-order valence-electron chi connectivity index (χ4n) is 1.84. The Morgan fingerprint density at radius 2 is 1.61 bits per heavy atom. The molecule has 3 nitrogen and oxygen atoms in total. The number of carbonyl (C=O) groups is 1. The SMILES string of the molecule is O=C(c1ccccc1)n1ncc2ccccc21.[Ag]. The van der Waals surface area contributed by atoms with Crippen LogP contribution in [0, 0.1) is 0 Å². The zero-order valence-electron chi connectivity index (χ0n) is 9.38. The van der Waals surface area contributed by atoms with Gasteiger partial charge in [0.1, 0.15) is 0 Å². The number of rotatable bonds is 1. The third kappa shape index (κ3) is 2.16. The monoisotopic (exact) mass is 329 g/mol. The van der Waals surface area contributed by atoms with Gasteiger partial charge in [-0.1, -0.05) is 36.4 Å². The maximum absolute atomic E-state index is 12.2. The minimum Gasteiger partial charge on any atom is -0.267 e. The van der Waals surface area contributed by atoms with Gasteiger partial charge in [-0.05, 0) is 18.2 Å². The van der Waals surface area contributed by atoms with Gasteiger partial charge in [0.05, 0.1) is 11.7 Å². The summed E-state index contributed by atoms with van der Waals surface area (Å²) in [4.78, 5) is 12.2. The minimum atomic E-state index is -0.105. The quantitative estimate of drug-likeness (QED) is 0.643. The summed E-state index contributed by atoms with van der Waals surface area (Å²) >= 11 is 0. The molecular formula is C14H10AgN2O. The van der Waals surface area contributed by atoms with E-state index < -0.39 is 0 Å². The predicted molar refractivity (Wildman–Crippen MR) is 65.9 cm³/mol. The second-order valence-corrected chi connectivity index (χ2v) is 3.79. The second-order valence-electron chi connectivity index (χ2n) is 3.79. The molecule has 0 unspecified atom stereocenters. The molecule has 0 N–H and O–H groups in total. The zero-order valence-corrected chi connectivity index (χ0v) is 10.9. The standard InChI is InChI=1S/C14H10N2O.Ag/c17-14(11-6-2-1-3-7-11)16-13-9-5-4-8-12(13)10-15-16;/h1-10H;. The molecule has 93 valence electrons. The van der Waals surface area contributed by atoms with Crippen LogP contribution in [0.1, 0.15) is 10.4 Å². The van der Waals surface area contributed by atoms with Crippen molar-refractivity contribution in [2.45, 2.75) is 0 Å². The third-order valence-electron chi connectivity index (χ3n) is 2.69. The van der Waals surface area contributed by atoms with Crippen LogP contribution in [-0.2, 0) is 22.4 Å². The molecule has 1 aromatic heterocycles. The van der Waals surface area contributed by atoms with E-state index in [-0.39, 0.29) is 28.3 Å². The number of benzene rings is 2. The van der Waals surface area contributed by atoms with Crippen molar-refractivity contribution >= 4 is 16.8 Å². The van der Waals surface area contributed by atoms with E-state index in [1.54, 1.807) is 18.3 Å². The van der Waals surface area contributed by atoms with Crippen LogP contribution in [0.3, 0.4) is 0 Å². The van der Waals surface area contributed by atoms with E-state index in [4.69, 9.17) is 0 Å². The van der Waals surface area contributed by atoms with Crippen molar-refractivity contribution in [1.29, 1.82) is 0 Å². The number of nitrogens with zero attached hydrogens (tertiary/aromatic N) is 2. The van der Waals surface area contributed by atoms with Crippen LogP contribution >= 0.6 is 0 Å². The molecular weight excluding hydrogens is 320 g/mol. The van der Waals surface area contributed by atoms with E-state index in [2.05, 4.69) is 5.10 Å². The third-order valence-corrected chi connectivity index (χ3v) is 2.69. The van der Waals surface area contributed by atoms with Gasteiger partial charge in [-0.3, -0.25) is 4.79 Å². The molecule has 3 aromatic rings. The van der Waals surface area contributed by atoms with Crippen LogP contribution in [0.2, 0.25) is 0 Å². The first kappa shape index (κ1) is 12.8. The number of aromatic nitrogens is 2. The molecule has 0 bridgehead atoms. The Morgan fingerprint density at radius 3 is 2.39 bits per heavy atom. The van der Waals surface area contributed by atoms with Crippen LogP contribution in [0.4, 0.5) is 0 Å². The maximum Gasteiger partial charge on any atom is 0.278 e. The predicted octanol–water partition coefficient (Wildman–Crippen LogP) is 2.72. The largest absolute Gasteiger partial charge is 0.278 e. The molecule has 0 amide bonds. The van der Waals surface area contributed by atoms with Gasteiger partial charge in [-0.15, -0.1) is 0 Å². The van der Waals surface area contributed by atoms with E-state index in [1.807, 2.05) is 42.5 Å². The van der Waals surface area contributed by atoms with Crippen molar-refractivity contribution in [2.75, 3.05) is 0 Å². The molecule has 0 spiro atoms. The average Bonchev–Trinajstić information content (AvgIpc) is 2.83. The first-order valence-corrected chi connectivity index (χ1v) is 5.39. The Morgan fingerprint density at radius 1 is 0.944 bits per heavy atom. The molecule has 0 saturated heterocycles. The molecule has 1 heterocycles. The second kappa shape index (κ2) is 5.31. The Bertz CT molecular complexity index is 676. The van der Waals surface area contributed by atoms with Crippen LogP contribution in [0.25, 0.3) is 10.9 Å². The molecule has 2 aromatic carbocycles. The van der Waals surface area contributed by atoms with E-state index in [0.29, 0.717) is 5.56 Å². The molecule has 0 saturated carbocycles. The molecule has 1 radical (unpaired) electrons. The Hall–Kier alpha value is -1.68. The summed E-state index contributed by atoms with van der Waals surface area (Å²) in [7, 11) is 0. The van der Waals surface area contributed by atoms with E-state index >= 15 is 0 Å². The van der Waals surface area contributed by atoms with Crippen LogP contribution < -0.4 is 0 Å². The van der Waals surface area contributed by atoms with Gasteiger partial charge in [-0.25, -0.2) is 0 Å². The number of fused-ring (bicyclic) bond motifs is 1. The summed E-state index contributed by atoms with van der Waals surface area (Å²) < 4.78 is 1.44. The fraction of sp³-hybridized carbons (Fsp3) is 0. The van der Waals surface area contributed by atoms with Gasteiger partial charge >= 0.3 is 0 Å². The minimum absolute atomic E-state index is 0. The molecule has 0 aliphatic carbocycles. The fourth-order valence-corrected chi connectivity index (χ4v) is 1.84. The van der Waals surface area contributed by atoms with Gasteiger partial charge in [0.25, 0.3) is 5.91 Å². The topological polar surface area (TPSA) is 34.9 Å². The van der Waals surface area contributed by atoms with Crippen molar-refractivity contribution in [3.8, 4) is 0 Å². The summed E-state index contributed by atoms with van der Waals surface area (Å²) in [5, 5.41) is 5.11. The van der Waals surface area contributed by atoms with Gasteiger partial charge in [0.15, 0.2) is 0 Å². The van der Waals surface area contributed by atoms with Crippen molar-refractivity contribution in [3.63, 3.8) is 0 Å². The summed E-state index contributed by atoms with van der Waals surface area (Å²) in [5.41, 5.74) is 1.47. The zero-order chi connectivity index (χ0) is 11.7. The average molecular weight is 330 g/mol. The number of para-hydroxylation sites is 1. The van der Waals surface area contributed by atoms with Gasteiger partial charge in [0, 0.05) is 33.3 Å². The van der Waals surface area contributed by atoms with Crippen LogP contribution in [0.15, 0.2) is 60.8 Å². The smallest absolute Gasteiger partial charge is 0.267 e. The van der Waals surface area contributed by atoms with Crippen molar-refractivity contribution < 1.29 is 27.2 Å². The summed E-state index contributed by atoms with van der Waals surface area (Å²) in [6, 6.07) is 16.8. The summed E-state index contributed by atoms with van der Waals surface area (Å²) in [6.45, 7) is 0. The maximum atomic E-state index is 12.2. The molecule has 0 aliphatic heterocycles. The van der Waals surface area contributed by atoms with E-state index in [9.17, 15) is 4.79 Å². The van der Waals surface area contributed by atoms with Crippen molar-refractivity contribution in [1.82, 2.24) is 9.78 Å². The van der Waals surface area contributed by atoms with Crippen molar-refractivity contribution in [2.24, 2.45) is 0 Å². The van der Waals surface area contributed by atoms with Gasteiger partial charge in [-0.2, -0.15) is 9.78 Å². The van der Waals surface area contributed by atoms with Gasteiger partial charge < -0.3 is 0 Å². The molecule has 0 aliphatic rings. The van der Waals surface area contributed by atoms with E-state index in [0.717, 1.165) is 10.9 Å².